The molecular weight excluding hydrogens is 286 g/mol. The van der Waals surface area contributed by atoms with Gasteiger partial charge in [0, 0.05) is 24.6 Å². The number of nitrogens with one attached hydrogen (secondary N) is 2. The molecular formula is C15H19N3O2S. The largest absolute Gasteiger partial charge is 0.316 e. The van der Waals surface area contributed by atoms with Gasteiger partial charge in [0.15, 0.2) is 0 Å². The van der Waals surface area contributed by atoms with Crippen LogP contribution in [0.2, 0.25) is 0 Å². The Hall–Kier alpha value is -1.92. The Morgan fingerprint density at radius 2 is 1.86 bits per heavy atom. The van der Waals surface area contributed by atoms with Crippen LogP contribution in [0.25, 0.3) is 0 Å². The van der Waals surface area contributed by atoms with Crippen molar-refractivity contribution in [2.24, 2.45) is 0 Å². The highest BCUT2D eigenvalue weighted by atomic mass is 32.2. The molecule has 5 nitrogen and oxygen atoms in total. The molecule has 2 rings (SSSR count). The first kappa shape index (κ1) is 15.5. The van der Waals surface area contributed by atoms with E-state index in [0.717, 1.165) is 11.1 Å². The molecule has 0 aliphatic rings. The van der Waals surface area contributed by atoms with E-state index in [1.165, 1.54) is 0 Å². The molecule has 21 heavy (non-hydrogen) atoms. The lowest BCUT2D eigenvalue weighted by Crippen LogP contribution is -2.18. The molecule has 6 heteroatoms. The predicted octanol–water partition coefficient (Wildman–Crippen LogP) is 1.79. The summed E-state index contributed by atoms with van der Waals surface area (Å²) in [6, 6.07) is 11.0. The molecule has 0 bridgehead atoms. The highest BCUT2D eigenvalue weighted by Crippen LogP contribution is 2.13. The highest BCUT2D eigenvalue weighted by Gasteiger charge is 2.11. The molecule has 0 amide bonds. The molecule has 0 saturated heterocycles. The van der Waals surface area contributed by atoms with Crippen molar-refractivity contribution in [2.75, 3.05) is 17.5 Å². The van der Waals surface area contributed by atoms with Gasteiger partial charge in [-0.05, 0) is 48.9 Å². The molecule has 0 spiro atoms. The zero-order valence-corrected chi connectivity index (χ0v) is 12.7. The van der Waals surface area contributed by atoms with Crippen LogP contribution in [0, 0.1) is 0 Å². The topological polar surface area (TPSA) is 71.1 Å². The Kier molecular flexibility index (Phi) is 5.30. The monoisotopic (exact) mass is 305 g/mol. The number of nitrogens with zero attached hydrogens (tertiary/aromatic N) is 1. The van der Waals surface area contributed by atoms with Crippen LogP contribution in [0.5, 0.6) is 0 Å². The third-order valence-corrected chi connectivity index (χ3v) is 4.28. The Morgan fingerprint density at radius 3 is 2.57 bits per heavy atom. The van der Waals surface area contributed by atoms with Gasteiger partial charge in [-0.15, -0.1) is 0 Å². The van der Waals surface area contributed by atoms with Crippen molar-refractivity contribution in [1.82, 2.24) is 10.3 Å². The smallest absolute Gasteiger partial charge is 0.233 e. The molecule has 1 aromatic carbocycles. The Morgan fingerprint density at radius 1 is 1.10 bits per heavy atom. The van der Waals surface area contributed by atoms with Gasteiger partial charge in [0.05, 0.1) is 5.75 Å². The van der Waals surface area contributed by atoms with Crippen LogP contribution in [0.1, 0.15) is 11.1 Å². The van der Waals surface area contributed by atoms with Crippen molar-refractivity contribution in [3.8, 4) is 0 Å². The molecule has 1 aromatic heterocycles. The lowest BCUT2D eigenvalue weighted by atomic mass is 10.2. The first-order valence-electron chi connectivity index (χ1n) is 6.72. The molecule has 0 aliphatic heterocycles. The fourth-order valence-electron chi connectivity index (χ4n) is 1.98. The second kappa shape index (κ2) is 7.19. The summed E-state index contributed by atoms with van der Waals surface area (Å²) in [6.07, 6.45) is 3.79. The van der Waals surface area contributed by atoms with E-state index in [1.807, 2.05) is 37.4 Å². The summed E-state index contributed by atoms with van der Waals surface area (Å²) in [5, 5.41) is 3.04. The normalized spacial score (nSPS) is 11.3. The zero-order chi connectivity index (χ0) is 15.1. The number of rotatable bonds is 7. The van der Waals surface area contributed by atoms with Crippen molar-refractivity contribution < 1.29 is 8.42 Å². The summed E-state index contributed by atoms with van der Waals surface area (Å²) in [7, 11) is -1.50. The standard InChI is InChI=1S/C15H19N3O2S/c1-16-12-14-3-2-4-15(11-14)18-21(19,20)10-7-13-5-8-17-9-6-13/h2-6,8-9,11,16,18H,7,10,12H2,1H3. The highest BCUT2D eigenvalue weighted by molar-refractivity contribution is 7.92. The van der Waals surface area contributed by atoms with E-state index < -0.39 is 10.0 Å². The van der Waals surface area contributed by atoms with Crippen LogP contribution in [-0.4, -0.2) is 26.2 Å². The van der Waals surface area contributed by atoms with Crippen molar-refractivity contribution >= 4 is 15.7 Å². The average molecular weight is 305 g/mol. The summed E-state index contributed by atoms with van der Waals surface area (Å²) < 4.78 is 26.8. The maximum atomic E-state index is 12.1. The summed E-state index contributed by atoms with van der Waals surface area (Å²) in [6.45, 7) is 0.701. The molecule has 0 saturated carbocycles. The van der Waals surface area contributed by atoms with Gasteiger partial charge in [-0.2, -0.15) is 0 Å². The van der Waals surface area contributed by atoms with E-state index in [-0.39, 0.29) is 5.75 Å². The Bertz CT molecular complexity index is 672. The molecule has 112 valence electrons. The van der Waals surface area contributed by atoms with Gasteiger partial charge in [-0.25, -0.2) is 8.42 Å². The van der Waals surface area contributed by atoms with Crippen molar-refractivity contribution in [3.05, 3.63) is 59.9 Å². The lowest BCUT2D eigenvalue weighted by Gasteiger charge is -2.09. The quantitative estimate of drug-likeness (QED) is 0.818. The number of pyridine rings is 1. The van der Waals surface area contributed by atoms with Crippen LogP contribution in [0.3, 0.4) is 0 Å². The molecule has 0 fully saturated rings. The lowest BCUT2D eigenvalue weighted by molar-refractivity contribution is 0.600. The van der Waals surface area contributed by atoms with Gasteiger partial charge in [-0.3, -0.25) is 9.71 Å². The summed E-state index contributed by atoms with van der Waals surface area (Å²) in [4.78, 5) is 3.91. The third-order valence-electron chi connectivity index (χ3n) is 2.99. The van der Waals surface area contributed by atoms with E-state index in [1.54, 1.807) is 18.5 Å². The van der Waals surface area contributed by atoms with Gasteiger partial charge in [-0.1, -0.05) is 12.1 Å². The summed E-state index contributed by atoms with van der Waals surface area (Å²) >= 11 is 0. The predicted molar refractivity (Wildman–Crippen MR) is 84.6 cm³/mol. The first-order chi connectivity index (χ1) is 10.1. The SMILES string of the molecule is CNCc1cccc(NS(=O)(=O)CCc2ccncc2)c1. The van der Waals surface area contributed by atoms with Gasteiger partial charge >= 0.3 is 0 Å². The van der Waals surface area contributed by atoms with E-state index in [4.69, 9.17) is 0 Å². The molecule has 0 unspecified atom stereocenters. The zero-order valence-electron chi connectivity index (χ0n) is 11.9. The van der Waals surface area contributed by atoms with Crippen LogP contribution < -0.4 is 10.0 Å². The van der Waals surface area contributed by atoms with Gasteiger partial charge in [0.25, 0.3) is 0 Å². The van der Waals surface area contributed by atoms with Gasteiger partial charge in [0.2, 0.25) is 10.0 Å². The van der Waals surface area contributed by atoms with Crippen LogP contribution in [-0.2, 0) is 23.0 Å². The molecule has 2 aromatic rings. The number of benzene rings is 1. The van der Waals surface area contributed by atoms with Crippen molar-refractivity contribution in [3.63, 3.8) is 0 Å². The van der Waals surface area contributed by atoms with Crippen LogP contribution in [0.4, 0.5) is 5.69 Å². The number of hydrogen-bond acceptors (Lipinski definition) is 4. The fraction of sp³-hybridized carbons (Fsp3) is 0.267. The molecule has 2 N–H and O–H groups in total. The molecule has 0 atom stereocenters. The second-order valence-corrected chi connectivity index (χ2v) is 6.60. The molecule has 0 aliphatic carbocycles. The van der Waals surface area contributed by atoms with E-state index in [0.29, 0.717) is 18.7 Å². The van der Waals surface area contributed by atoms with Gasteiger partial charge in [0.1, 0.15) is 0 Å². The minimum Gasteiger partial charge on any atom is -0.316 e. The molecule has 1 heterocycles. The van der Waals surface area contributed by atoms with E-state index in [9.17, 15) is 8.42 Å². The van der Waals surface area contributed by atoms with Crippen LogP contribution >= 0.6 is 0 Å². The Labute approximate surface area is 125 Å². The average Bonchev–Trinajstić information content (AvgIpc) is 2.47. The maximum absolute atomic E-state index is 12.1. The maximum Gasteiger partial charge on any atom is 0.233 e. The Balaban J connectivity index is 1.99. The minimum absolute atomic E-state index is 0.0489. The number of aryl methyl sites for hydroxylation is 1. The third kappa shape index (κ3) is 5.17. The van der Waals surface area contributed by atoms with Crippen molar-refractivity contribution in [2.45, 2.75) is 13.0 Å². The number of aromatic nitrogens is 1. The van der Waals surface area contributed by atoms with Crippen LogP contribution in [0.15, 0.2) is 48.8 Å². The second-order valence-electron chi connectivity index (χ2n) is 4.76. The summed E-state index contributed by atoms with van der Waals surface area (Å²) in [5.74, 6) is 0.0489. The van der Waals surface area contributed by atoms with E-state index >= 15 is 0 Å². The molecule has 0 radical (unpaired) electrons. The fourth-order valence-corrected chi connectivity index (χ4v) is 3.07. The number of sulfonamides is 1. The van der Waals surface area contributed by atoms with Crippen molar-refractivity contribution in [1.29, 1.82) is 0 Å². The number of hydrogen-bond donors (Lipinski definition) is 2. The summed E-state index contributed by atoms with van der Waals surface area (Å²) in [5.41, 5.74) is 2.59. The first-order valence-corrected chi connectivity index (χ1v) is 8.37. The minimum atomic E-state index is -3.36. The van der Waals surface area contributed by atoms with Gasteiger partial charge < -0.3 is 5.32 Å². The van der Waals surface area contributed by atoms with E-state index in [2.05, 4.69) is 15.0 Å². The number of anilines is 1.